The first-order valence-electron chi connectivity index (χ1n) is 6.50. The number of rotatable bonds is 7. The van der Waals surface area contributed by atoms with Crippen molar-refractivity contribution >= 4 is 5.91 Å². The van der Waals surface area contributed by atoms with Gasteiger partial charge in [-0.1, -0.05) is 6.42 Å². The largest absolute Gasteiger partial charge is 0.395 e. The van der Waals surface area contributed by atoms with Crippen molar-refractivity contribution in [1.82, 2.24) is 10.2 Å². The second kappa shape index (κ2) is 8.44. The van der Waals surface area contributed by atoms with Crippen LogP contribution >= 0.6 is 0 Å². The lowest BCUT2D eigenvalue weighted by Crippen LogP contribution is -2.38. The number of nitrogens with zero attached hydrogens (tertiary/aromatic N) is 1. The maximum atomic E-state index is 11.8. The molecule has 100 valence electrons. The second-order valence-corrected chi connectivity index (χ2v) is 4.51. The summed E-state index contributed by atoms with van der Waals surface area (Å²) in [6.07, 6.45) is 4.96. The summed E-state index contributed by atoms with van der Waals surface area (Å²) in [4.78, 5) is 13.4. The molecule has 0 spiro atoms. The summed E-state index contributed by atoms with van der Waals surface area (Å²) >= 11 is 0. The topological polar surface area (TPSA) is 72.8 Å². The number of nitrogens with one attached hydrogen (secondary N) is 1. The van der Waals surface area contributed by atoms with E-state index in [2.05, 4.69) is 5.32 Å². The van der Waals surface area contributed by atoms with E-state index >= 15 is 0 Å². The first-order valence-corrected chi connectivity index (χ1v) is 6.50. The van der Waals surface area contributed by atoms with Crippen molar-refractivity contribution in [2.24, 2.45) is 0 Å². The van der Waals surface area contributed by atoms with Gasteiger partial charge in [0.2, 0.25) is 5.91 Å². The molecule has 0 radical (unpaired) electrons. The fourth-order valence-corrected chi connectivity index (χ4v) is 2.23. The van der Waals surface area contributed by atoms with E-state index in [4.69, 9.17) is 10.2 Å². The van der Waals surface area contributed by atoms with E-state index in [0.29, 0.717) is 25.6 Å². The number of piperidine rings is 1. The molecule has 1 rings (SSSR count). The fourth-order valence-electron chi connectivity index (χ4n) is 2.23. The predicted octanol–water partition coefficient (Wildman–Crippen LogP) is -0.278. The monoisotopic (exact) mass is 244 g/mol. The van der Waals surface area contributed by atoms with Crippen LogP contribution in [-0.2, 0) is 4.79 Å². The number of hydrogen-bond acceptors (Lipinski definition) is 4. The molecule has 1 atom stereocenters. The summed E-state index contributed by atoms with van der Waals surface area (Å²) in [7, 11) is 0. The average Bonchev–Trinajstić information content (AvgIpc) is 2.37. The van der Waals surface area contributed by atoms with Gasteiger partial charge in [-0.25, -0.2) is 0 Å². The van der Waals surface area contributed by atoms with Crippen LogP contribution in [0.4, 0.5) is 0 Å². The van der Waals surface area contributed by atoms with Gasteiger partial charge in [0.1, 0.15) is 0 Å². The van der Waals surface area contributed by atoms with Crippen LogP contribution in [0.3, 0.4) is 0 Å². The Hall–Kier alpha value is -0.650. The molecule has 17 heavy (non-hydrogen) atoms. The lowest BCUT2D eigenvalue weighted by atomic mass is 10.0. The molecule has 1 heterocycles. The Morgan fingerprint density at radius 1 is 1.24 bits per heavy atom. The third-order valence-electron chi connectivity index (χ3n) is 3.21. The maximum Gasteiger partial charge on any atom is 0.222 e. The highest BCUT2D eigenvalue weighted by Gasteiger charge is 2.17. The van der Waals surface area contributed by atoms with Crippen LogP contribution < -0.4 is 5.32 Å². The SMILES string of the molecule is O=C(CCC1CCCCN1)N(CCO)CCO. The maximum absolute atomic E-state index is 11.8. The average molecular weight is 244 g/mol. The van der Waals surface area contributed by atoms with E-state index in [9.17, 15) is 4.79 Å². The van der Waals surface area contributed by atoms with Crippen molar-refractivity contribution in [2.45, 2.75) is 38.1 Å². The van der Waals surface area contributed by atoms with Crippen molar-refractivity contribution in [3.8, 4) is 0 Å². The molecule has 1 aliphatic rings. The van der Waals surface area contributed by atoms with Gasteiger partial charge in [-0.3, -0.25) is 4.79 Å². The standard InChI is InChI=1S/C12H24N2O3/c15-9-7-14(8-10-16)12(17)5-4-11-3-1-2-6-13-11/h11,13,15-16H,1-10H2. The highest BCUT2D eigenvalue weighted by molar-refractivity contribution is 5.76. The van der Waals surface area contributed by atoms with E-state index in [1.165, 1.54) is 17.7 Å². The Labute approximate surface area is 103 Å². The fraction of sp³-hybridized carbons (Fsp3) is 0.917. The molecule has 0 saturated carbocycles. The Morgan fingerprint density at radius 2 is 1.94 bits per heavy atom. The molecule has 1 unspecified atom stereocenters. The number of hydrogen-bond donors (Lipinski definition) is 3. The summed E-state index contributed by atoms with van der Waals surface area (Å²) < 4.78 is 0. The van der Waals surface area contributed by atoms with Crippen molar-refractivity contribution in [2.75, 3.05) is 32.8 Å². The van der Waals surface area contributed by atoms with Crippen LogP contribution in [0.25, 0.3) is 0 Å². The van der Waals surface area contributed by atoms with Crippen LogP contribution in [0, 0.1) is 0 Å². The molecule has 1 amide bonds. The molecular formula is C12H24N2O3. The van der Waals surface area contributed by atoms with Crippen LogP contribution in [0.15, 0.2) is 0 Å². The Kier molecular flexibility index (Phi) is 7.16. The van der Waals surface area contributed by atoms with Gasteiger partial charge in [0, 0.05) is 25.6 Å². The molecule has 5 nitrogen and oxygen atoms in total. The Morgan fingerprint density at radius 3 is 2.47 bits per heavy atom. The minimum absolute atomic E-state index is 0.0282. The molecule has 0 bridgehead atoms. The van der Waals surface area contributed by atoms with Crippen LogP contribution in [0.2, 0.25) is 0 Å². The minimum atomic E-state index is -0.0482. The summed E-state index contributed by atoms with van der Waals surface area (Å²) in [5, 5.41) is 21.1. The van der Waals surface area contributed by atoms with Gasteiger partial charge >= 0.3 is 0 Å². The van der Waals surface area contributed by atoms with Gasteiger partial charge in [-0.15, -0.1) is 0 Å². The number of amides is 1. The van der Waals surface area contributed by atoms with E-state index in [1.54, 1.807) is 0 Å². The Bertz CT molecular complexity index is 212. The zero-order valence-corrected chi connectivity index (χ0v) is 10.4. The first kappa shape index (κ1) is 14.4. The highest BCUT2D eigenvalue weighted by atomic mass is 16.3. The highest BCUT2D eigenvalue weighted by Crippen LogP contribution is 2.12. The molecular weight excluding hydrogens is 220 g/mol. The molecule has 5 heteroatoms. The van der Waals surface area contributed by atoms with E-state index in [-0.39, 0.29) is 19.1 Å². The molecule has 0 aromatic heterocycles. The van der Waals surface area contributed by atoms with Crippen molar-refractivity contribution in [3.63, 3.8) is 0 Å². The normalized spacial score (nSPS) is 20.2. The molecule has 0 aromatic rings. The van der Waals surface area contributed by atoms with E-state index < -0.39 is 0 Å². The molecule has 1 aliphatic heterocycles. The van der Waals surface area contributed by atoms with Crippen LogP contribution in [-0.4, -0.2) is 59.9 Å². The zero-order chi connectivity index (χ0) is 12.5. The van der Waals surface area contributed by atoms with Crippen molar-refractivity contribution < 1.29 is 15.0 Å². The molecule has 1 fully saturated rings. The van der Waals surface area contributed by atoms with E-state index in [0.717, 1.165) is 19.4 Å². The van der Waals surface area contributed by atoms with E-state index in [1.807, 2.05) is 0 Å². The third kappa shape index (κ3) is 5.48. The van der Waals surface area contributed by atoms with Gasteiger partial charge < -0.3 is 20.4 Å². The molecule has 0 aromatic carbocycles. The molecule has 3 N–H and O–H groups in total. The van der Waals surface area contributed by atoms with Gasteiger partial charge in [0.25, 0.3) is 0 Å². The van der Waals surface area contributed by atoms with Crippen molar-refractivity contribution in [3.05, 3.63) is 0 Å². The van der Waals surface area contributed by atoms with Crippen molar-refractivity contribution in [1.29, 1.82) is 0 Å². The summed E-state index contributed by atoms with van der Waals surface area (Å²) in [5.41, 5.74) is 0. The van der Waals surface area contributed by atoms with Crippen LogP contribution in [0.5, 0.6) is 0 Å². The quantitative estimate of drug-likeness (QED) is 0.576. The lowest BCUT2D eigenvalue weighted by molar-refractivity contribution is -0.132. The molecule has 1 saturated heterocycles. The predicted molar refractivity (Wildman–Crippen MR) is 65.6 cm³/mol. The number of carbonyl (C=O) groups excluding carboxylic acids is 1. The lowest BCUT2D eigenvalue weighted by Gasteiger charge is -2.25. The minimum Gasteiger partial charge on any atom is -0.395 e. The van der Waals surface area contributed by atoms with Gasteiger partial charge in [-0.2, -0.15) is 0 Å². The molecule has 0 aliphatic carbocycles. The van der Waals surface area contributed by atoms with Gasteiger partial charge in [0.05, 0.1) is 13.2 Å². The summed E-state index contributed by atoms with van der Waals surface area (Å²) in [5.74, 6) is 0.0282. The smallest absolute Gasteiger partial charge is 0.222 e. The first-order chi connectivity index (χ1) is 8.27. The zero-order valence-electron chi connectivity index (χ0n) is 10.4. The number of aliphatic hydroxyl groups excluding tert-OH is 2. The number of carbonyl (C=O) groups is 1. The van der Waals surface area contributed by atoms with Gasteiger partial charge in [-0.05, 0) is 25.8 Å². The Balaban J connectivity index is 2.25. The summed E-state index contributed by atoms with van der Waals surface area (Å²) in [6.45, 7) is 1.59. The summed E-state index contributed by atoms with van der Waals surface area (Å²) in [6, 6.07) is 0.456. The third-order valence-corrected chi connectivity index (χ3v) is 3.21. The number of aliphatic hydroxyl groups is 2. The van der Waals surface area contributed by atoms with Crippen LogP contribution in [0.1, 0.15) is 32.1 Å². The second-order valence-electron chi connectivity index (χ2n) is 4.51. The van der Waals surface area contributed by atoms with Gasteiger partial charge in [0.15, 0.2) is 0 Å².